The van der Waals surface area contributed by atoms with Crippen LogP contribution < -0.4 is 20.3 Å². The first-order valence-corrected chi connectivity index (χ1v) is 19.0. The fourth-order valence-corrected chi connectivity index (χ4v) is 7.89. The van der Waals surface area contributed by atoms with Gasteiger partial charge in [-0.25, -0.2) is 9.48 Å². The van der Waals surface area contributed by atoms with E-state index in [1.54, 1.807) is 4.68 Å². The monoisotopic (exact) mass is 705 g/mol. The summed E-state index contributed by atoms with van der Waals surface area (Å²) >= 11 is 0. The van der Waals surface area contributed by atoms with E-state index in [-0.39, 0.29) is 23.6 Å². The van der Waals surface area contributed by atoms with Crippen molar-refractivity contribution in [1.29, 1.82) is 0 Å². The molecule has 3 aliphatic rings. The molecule has 0 unspecified atom stereocenters. The number of likely N-dealkylation sites (tertiary alicyclic amines) is 1. The summed E-state index contributed by atoms with van der Waals surface area (Å²) in [6.07, 6.45) is 13.3. The highest BCUT2D eigenvalue weighted by Crippen LogP contribution is 2.39. The Kier molecular flexibility index (Phi) is 9.37. The number of nitrogens with zero attached hydrogens (tertiary/aromatic N) is 9. The highest BCUT2D eigenvalue weighted by molar-refractivity contribution is 5.89. The zero-order valence-corrected chi connectivity index (χ0v) is 30.8. The lowest BCUT2D eigenvalue weighted by atomic mass is 9.85. The zero-order chi connectivity index (χ0) is 35.8. The molecule has 2 saturated heterocycles. The summed E-state index contributed by atoms with van der Waals surface area (Å²) in [5, 5.41) is 24.9. The largest absolute Gasteiger partial charge is 0.484 e. The maximum Gasteiger partial charge on any atom is 0.320 e. The van der Waals surface area contributed by atoms with Crippen LogP contribution in [0.3, 0.4) is 0 Å². The number of nitrogens with one attached hydrogen (secondary N) is 2. The third-order valence-electron chi connectivity index (χ3n) is 10.9. The molecule has 52 heavy (non-hydrogen) atoms. The van der Waals surface area contributed by atoms with E-state index < -0.39 is 0 Å². The molecule has 274 valence electrons. The first kappa shape index (κ1) is 34.2. The Labute approximate surface area is 305 Å². The molecule has 2 fully saturated rings. The van der Waals surface area contributed by atoms with Crippen molar-refractivity contribution in [2.24, 2.45) is 0 Å². The molecule has 8 rings (SSSR count). The molecule has 1 aliphatic carbocycles. The Bertz CT molecular complexity index is 2020. The normalized spacial score (nSPS) is 21.0. The molecule has 13 nitrogen and oxygen atoms in total. The molecule has 0 spiro atoms. The smallest absolute Gasteiger partial charge is 0.320 e. The minimum absolute atomic E-state index is 0.151. The average Bonchev–Trinajstić information content (AvgIpc) is 3.96. The van der Waals surface area contributed by atoms with Crippen LogP contribution in [-0.4, -0.2) is 77.3 Å². The second-order valence-electron chi connectivity index (χ2n) is 15.7. The van der Waals surface area contributed by atoms with Crippen LogP contribution in [0.2, 0.25) is 0 Å². The van der Waals surface area contributed by atoms with E-state index >= 15 is 0 Å². The number of benzene rings is 1. The van der Waals surface area contributed by atoms with Crippen molar-refractivity contribution in [3.05, 3.63) is 77.9 Å². The number of carbonyl (C=O) groups excluding carboxylic acids is 1. The summed E-state index contributed by atoms with van der Waals surface area (Å²) in [5.74, 6) is 2.24. The Balaban J connectivity index is 0.969. The lowest BCUT2D eigenvalue weighted by Gasteiger charge is -2.33. The second kappa shape index (κ2) is 14.3. The van der Waals surface area contributed by atoms with E-state index in [2.05, 4.69) is 80.0 Å². The van der Waals surface area contributed by atoms with Gasteiger partial charge in [-0.1, -0.05) is 45.0 Å². The lowest BCUT2D eigenvalue weighted by molar-refractivity contribution is 0.171. The number of ether oxygens (including phenoxy) is 1. The molecule has 6 heterocycles. The highest BCUT2D eigenvalue weighted by Gasteiger charge is 2.31. The molecule has 3 atom stereocenters. The van der Waals surface area contributed by atoms with Gasteiger partial charge < -0.3 is 19.9 Å². The average molecular weight is 706 g/mol. The van der Waals surface area contributed by atoms with Crippen LogP contribution in [0.5, 0.6) is 5.75 Å². The number of anilines is 2. The Hall–Kier alpha value is -4.91. The topological polar surface area (TPSA) is 123 Å². The molecular weight excluding hydrogens is 655 g/mol. The zero-order valence-electron chi connectivity index (χ0n) is 30.8. The fraction of sp³-hybridized carbons (Fsp3) is 0.513. The lowest BCUT2D eigenvalue weighted by Crippen LogP contribution is -2.38. The quantitative estimate of drug-likeness (QED) is 0.175. The number of hydrogen-bond donors (Lipinski definition) is 2. The number of fused-ring (bicyclic) bond motifs is 2. The molecule has 0 radical (unpaired) electrons. The van der Waals surface area contributed by atoms with Crippen LogP contribution in [0.15, 0.2) is 61.1 Å². The maximum absolute atomic E-state index is 13.7. The summed E-state index contributed by atoms with van der Waals surface area (Å²) in [7, 11) is 0. The van der Waals surface area contributed by atoms with E-state index in [1.165, 1.54) is 19.3 Å². The minimum Gasteiger partial charge on any atom is -0.484 e. The van der Waals surface area contributed by atoms with Crippen molar-refractivity contribution >= 4 is 23.4 Å². The first-order valence-electron chi connectivity index (χ1n) is 19.0. The van der Waals surface area contributed by atoms with E-state index in [1.807, 2.05) is 53.6 Å². The summed E-state index contributed by atoms with van der Waals surface area (Å²) in [6.45, 7) is 13.7. The standard InChI is InChI=1S/C39H51N11O2/c1-27-11-7-8-20-48(27)38-44-43-35-17-14-29(26-49(35)38)52-33-16-15-32(30-12-5-6-13-31(30)33)41-37(51)42-36-23-34(39(2,3)4)45-50(36)28-24-40-47(25-28)22-21-46-18-9-10-19-46/h5-6,12-14,17,23-27,32-33H,7-11,15-16,18-22H2,1-4H3,(H2,41,42,51)/t27-,32-,33+/m0/s1. The van der Waals surface area contributed by atoms with Crippen molar-refractivity contribution in [2.75, 3.05) is 36.4 Å². The van der Waals surface area contributed by atoms with Crippen molar-refractivity contribution in [3.8, 4) is 11.4 Å². The number of hydrogen-bond acceptors (Lipinski definition) is 8. The number of amides is 2. The van der Waals surface area contributed by atoms with Gasteiger partial charge in [0, 0.05) is 30.6 Å². The molecule has 1 aromatic carbocycles. The first-order chi connectivity index (χ1) is 25.2. The number of urea groups is 1. The molecule has 4 aromatic heterocycles. The Morgan fingerprint density at radius 1 is 0.923 bits per heavy atom. The number of carbonyl (C=O) groups is 1. The molecule has 2 N–H and O–H groups in total. The molecule has 2 aliphatic heterocycles. The SMILES string of the molecule is C[C@H]1CCCCN1c1nnc2ccc(O[C@@H]3CC[C@H](NC(=O)Nc4cc(C(C)(C)C)nn4-c4cnn(CCN5CCCC5)c4)c4ccccc43)cn12. The highest BCUT2D eigenvalue weighted by atomic mass is 16.5. The summed E-state index contributed by atoms with van der Waals surface area (Å²) in [6, 6.07) is 14.1. The van der Waals surface area contributed by atoms with Gasteiger partial charge in [0.15, 0.2) is 5.65 Å². The molecular formula is C39H51N11O2. The van der Waals surface area contributed by atoms with Gasteiger partial charge in [-0.15, -0.1) is 10.2 Å². The molecule has 0 saturated carbocycles. The minimum atomic E-state index is -0.278. The van der Waals surface area contributed by atoms with Gasteiger partial charge >= 0.3 is 6.03 Å². The maximum atomic E-state index is 13.7. The van der Waals surface area contributed by atoms with Gasteiger partial charge in [0.25, 0.3) is 0 Å². The van der Waals surface area contributed by atoms with Gasteiger partial charge in [0.1, 0.15) is 23.4 Å². The van der Waals surface area contributed by atoms with Crippen molar-refractivity contribution in [1.82, 2.24) is 44.4 Å². The number of pyridine rings is 1. The number of piperidine rings is 1. The summed E-state index contributed by atoms with van der Waals surface area (Å²) in [4.78, 5) is 18.5. The van der Waals surface area contributed by atoms with Gasteiger partial charge in [0.05, 0.1) is 36.9 Å². The molecule has 13 heteroatoms. The van der Waals surface area contributed by atoms with Crippen molar-refractivity contribution in [3.63, 3.8) is 0 Å². The predicted octanol–water partition coefficient (Wildman–Crippen LogP) is 6.66. The van der Waals surface area contributed by atoms with Crippen LogP contribution >= 0.6 is 0 Å². The molecule has 0 bridgehead atoms. The van der Waals surface area contributed by atoms with E-state index in [0.29, 0.717) is 11.9 Å². The third-order valence-corrected chi connectivity index (χ3v) is 10.9. The molecule has 5 aromatic rings. The Morgan fingerprint density at radius 2 is 1.73 bits per heavy atom. The van der Waals surface area contributed by atoms with Crippen molar-refractivity contribution < 1.29 is 9.53 Å². The van der Waals surface area contributed by atoms with Gasteiger partial charge in [-0.3, -0.25) is 14.4 Å². The van der Waals surface area contributed by atoms with Crippen LogP contribution in [0.1, 0.15) is 102 Å². The predicted molar refractivity (Wildman–Crippen MR) is 201 cm³/mol. The van der Waals surface area contributed by atoms with Gasteiger partial charge in [-0.05, 0) is 88.2 Å². The fourth-order valence-electron chi connectivity index (χ4n) is 7.89. The summed E-state index contributed by atoms with van der Waals surface area (Å²) in [5.41, 5.74) is 4.45. The second-order valence-corrected chi connectivity index (χ2v) is 15.7. The van der Waals surface area contributed by atoms with Crippen LogP contribution in [0, 0.1) is 0 Å². The number of rotatable bonds is 9. The van der Waals surface area contributed by atoms with Crippen LogP contribution in [0.25, 0.3) is 11.3 Å². The Morgan fingerprint density at radius 3 is 2.54 bits per heavy atom. The van der Waals surface area contributed by atoms with E-state index in [0.717, 1.165) is 98.3 Å². The van der Waals surface area contributed by atoms with Gasteiger partial charge in [-0.2, -0.15) is 10.2 Å². The van der Waals surface area contributed by atoms with E-state index in [9.17, 15) is 4.79 Å². The van der Waals surface area contributed by atoms with E-state index in [4.69, 9.17) is 9.84 Å². The van der Waals surface area contributed by atoms with Crippen LogP contribution in [0.4, 0.5) is 16.6 Å². The van der Waals surface area contributed by atoms with Crippen LogP contribution in [-0.2, 0) is 12.0 Å². The van der Waals surface area contributed by atoms with Gasteiger partial charge in [0.2, 0.25) is 5.95 Å². The van der Waals surface area contributed by atoms with Crippen molar-refractivity contribution in [2.45, 2.75) is 103 Å². The molecule has 2 amide bonds. The third kappa shape index (κ3) is 7.10. The number of aromatic nitrogens is 7. The summed E-state index contributed by atoms with van der Waals surface area (Å²) < 4.78 is 12.5.